The van der Waals surface area contributed by atoms with E-state index in [1.165, 1.54) is 17.0 Å². The summed E-state index contributed by atoms with van der Waals surface area (Å²) in [6.07, 6.45) is 0. The number of nitrogens with zero attached hydrogens (tertiary/aromatic N) is 4. The van der Waals surface area contributed by atoms with Crippen molar-refractivity contribution in [2.75, 3.05) is 51.7 Å². The summed E-state index contributed by atoms with van der Waals surface area (Å²) in [4.78, 5) is 21.3. The van der Waals surface area contributed by atoms with E-state index in [-0.39, 0.29) is 18.3 Å². The third kappa shape index (κ3) is 4.09. The smallest absolute Gasteiger partial charge is 0.243 e. The summed E-state index contributed by atoms with van der Waals surface area (Å²) >= 11 is 0. The van der Waals surface area contributed by atoms with Crippen LogP contribution in [0, 0.1) is 5.82 Å². The van der Waals surface area contributed by atoms with Gasteiger partial charge in [0, 0.05) is 46.0 Å². The first-order valence-electron chi connectivity index (χ1n) is 7.23. The molecule has 1 saturated heterocycles. The van der Waals surface area contributed by atoms with E-state index in [2.05, 4.69) is 9.89 Å². The summed E-state index contributed by atoms with van der Waals surface area (Å²) in [7, 11) is 3.38. The Hall–Kier alpha value is -2.31. The van der Waals surface area contributed by atoms with Crippen LogP contribution >= 0.6 is 0 Å². The Morgan fingerprint density at radius 2 is 1.82 bits per heavy atom. The third-order valence-corrected chi connectivity index (χ3v) is 3.67. The molecular weight excluding hydrogens is 285 g/mol. The fraction of sp³-hybridized carbons (Fsp3) is 0.467. The molecule has 22 heavy (non-hydrogen) atoms. The maximum absolute atomic E-state index is 12.9. The normalized spacial score (nSPS) is 15.9. The molecule has 2 rings (SSSR count). The van der Waals surface area contributed by atoms with E-state index in [1.807, 2.05) is 4.90 Å². The second-order valence-electron chi connectivity index (χ2n) is 5.41. The van der Waals surface area contributed by atoms with Gasteiger partial charge >= 0.3 is 0 Å². The number of nitrogens with two attached hydrogens (primary N) is 1. The molecule has 0 saturated carbocycles. The number of likely N-dealkylation sites (N-methyl/N-ethyl adjacent to an activating group) is 1. The van der Waals surface area contributed by atoms with Gasteiger partial charge in [0.15, 0.2) is 5.96 Å². The summed E-state index contributed by atoms with van der Waals surface area (Å²) < 4.78 is 12.9. The average molecular weight is 307 g/mol. The Balaban J connectivity index is 1.87. The number of halogens is 1. The first-order valence-corrected chi connectivity index (χ1v) is 7.23. The molecule has 1 aromatic carbocycles. The van der Waals surface area contributed by atoms with Crippen LogP contribution in [0.1, 0.15) is 0 Å². The lowest BCUT2D eigenvalue weighted by Gasteiger charge is -2.36. The Bertz CT molecular complexity index is 535. The molecule has 1 aliphatic rings. The molecule has 6 nitrogen and oxygen atoms in total. The number of carbonyl (C=O) groups is 1. The molecule has 1 fully saturated rings. The van der Waals surface area contributed by atoms with Gasteiger partial charge in [-0.05, 0) is 24.3 Å². The molecule has 0 atom stereocenters. The van der Waals surface area contributed by atoms with E-state index in [0.717, 1.165) is 31.9 Å². The standard InChI is InChI=1S/C15H22FN5O/c1-19(2)14(22)11-18-15(17)21-9-7-20(8-10-21)13-5-3-12(16)4-6-13/h3-6H,7-11H2,1-2H3,(H2,17,18). The van der Waals surface area contributed by atoms with Gasteiger partial charge < -0.3 is 20.4 Å². The van der Waals surface area contributed by atoms with Crippen molar-refractivity contribution >= 4 is 17.6 Å². The van der Waals surface area contributed by atoms with Gasteiger partial charge in [-0.25, -0.2) is 9.38 Å². The maximum Gasteiger partial charge on any atom is 0.243 e. The molecule has 1 heterocycles. The van der Waals surface area contributed by atoms with E-state index in [1.54, 1.807) is 26.2 Å². The summed E-state index contributed by atoms with van der Waals surface area (Å²) in [6, 6.07) is 6.48. The van der Waals surface area contributed by atoms with E-state index < -0.39 is 0 Å². The van der Waals surface area contributed by atoms with Gasteiger partial charge in [-0.1, -0.05) is 0 Å². The van der Waals surface area contributed by atoms with Crippen LogP contribution in [-0.2, 0) is 4.79 Å². The first-order chi connectivity index (χ1) is 10.5. The zero-order chi connectivity index (χ0) is 16.1. The number of rotatable bonds is 3. The van der Waals surface area contributed by atoms with Gasteiger partial charge in [0.25, 0.3) is 0 Å². The molecule has 1 aromatic rings. The molecule has 0 aliphatic carbocycles. The Morgan fingerprint density at radius 3 is 2.36 bits per heavy atom. The molecule has 7 heteroatoms. The highest BCUT2D eigenvalue weighted by Crippen LogP contribution is 2.16. The predicted octanol–water partition coefficient (Wildman–Crippen LogP) is 0.351. The molecular formula is C15H22FN5O. The lowest BCUT2D eigenvalue weighted by molar-refractivity contribution is -0.127. The number of hydrogen-bond acceptors (Lipinski definition) is 3. The van der Waals surface area contributed by atoms with Crippen molar-refractivity contribution in [1.29, 1.82) is 0 Å². The van der Waals surface area contributed by atoms with Gasteiger partial charge in [0.1, 0.15) is 12.4 Å². The first kappa shape index (κ1) is 16.1. The summed E-state index contributed by atoms with van der Waals surface area (Å²) in [5.74, 6) is 0.0891. The zero-order valence-electron chi connectivity index (χ0n) is 13.0. The molecule has 0 radical (unpaired) electrons. The van der Waals surface area contributed by atoms with Crippen LogP contribution in [0.25, 0.3) is 0 Å². The fourth-order valence-corrected chi connectivity index (χ4v) is 2.24. The quantitative estimate of drug-likeness (QED) is 0.646. The minimum Gasteiger partial charge on any atom is -0.370 e. The van der Waals surface area contributed by atoms with Crippen LogP contribution in [0.5, 0.6) is 0 Å². The number of amides is 1. The van der Waals surface area contributed by atoms with Crippen LogP contribution < -0.4 is 10.6 Å². The lowest BCUT2D eigenvalue weighted by atomic mass is 10.2. The molecule has 0 unspecified atom stereocenters. The molecule has 1 aliphatic heterocycles. The SMILES string of the molecule is CN(C)C(=O)CN=C(N)N1CCN(c2ccc(F)cc2)CC1. The van der Waals surface area contributed by atoms with Crippen molar-refractivity contribution in [3.8, 4) is 0 Å². The summed E-state index contributed by atoms with van der Waals surface area (Å²) in [5, 5.41) is 0. The zero-order valence-corrected chi connectivity index (χ0v) is 13.0. The Morgan fingerprint density at radius 1 is 1.23 bits per heavy atom. The fourth-order valence-electron chi connectivity index (χ4n) is 2.24. The Labute approximate surface area is 130 Å². The predicted molar refractivity (Wildman–Crippen MR) is 85.4 cm³/mol. The lowest BCUT2D eigenvalue weighted by Crippen LogP contribution is -2.51. The highest BCUT2D eigenvalue weighted by atomic mass is 19.1. The van der Waals surface area contributed by atoms with Gasteiger partial charge in [-0.3, -0.25) is 4.79 Å². The maximum atomic E-state index is 12.9. The van der Waals surface area contributed by atoms with Gasteiger partial charge in [0.2, 0.25) is 5.91 Å². The van der Waals surface area contributed by atoms with Crippen molar-refractivity contribution in [3.63, 3.8) is 0 Å². The minimum absolute atomic E-state index is 0.0665. The van der Waals surface area contributed by atoms with Gasteiger partial charge in [0.05, 0.1) is 0 Å². The summed E-state index contributed by atoms with van der Waals surface area (Å²) in [5.41, 5.74) is 6.94. The number of piperazine rings is 1. The number of benzene rings is 1. The number of guanidine groups is 1. The van der Waals surface area contributed by atoms with Gasteiger partial charge in [-0.15, -0.1) is 0 Å². The van der Waals surface area contributed by atoms with Crippen LogP contribution in [0.15, 0.2) is 29.3 Å². The number of anilines is 1. The van der Waals surface area contributed by atoms with Crippen molar-refractivity contribution in [1.82, 2.24) is 9.80 Å². The van der Waals surface area contributed by atoms with Crippen LogP contribution in [0.3, 0.4) is 0 Å². The molecule has 120 valence electrons. The average Bonchev–Trinajstić information content (AvgIpc) is 2.53. The van der Waals surface area contributed by atoms with E-state index >= 15 is 0 Å². The van der Waals surface area contributed by atoms with Crippen molar-refractivity contribution in [2.24, 2.45) is 10.7 Å². The molecule has 2 N–H and O–H groups in total. The second-order valence-corrected chi connectivity index (χ2v) is 5.41. The van der Waals surface area contributed by atoms with Crippen LogP contribution in [0.2, 0.25) is 0 Å². The Kier molecular flexibility index (Phi) is 5.19. The molecule has 0 bridgehead atoms. The minimum atomic E-state index is -0.232. The monoisotopic (exact) mass is 307 g/mol. The van der Waals surface area contributed by atoms with Crippen molar-refractivity contribution in [3.05, 3.63) is 30.1 Å². The van der Waals surface area contributed by atoms with Crippen molar-refractivity contribution in [2.45, 2.75) is 0 Å². The summed E-state index contributed by atoms with van der Waals surface area (Å²) in [6.45, 7) is 3.08. The number of hydrogen-bond donors (Lipinski definition) is 1. The highest BCUT2D eigenvalue weighted by Gasteiger charge is 2.18. The van der Waals surface area contributed by atoms with E-state index in [9.17, 15) is 9.18 Å². The van der Waals surface area contributed by atoms with Gasteiger partial charge in [-0.2, -0.15) is 0 Å². The van der Waals surface area contributed by atoms with E-state index in [4.69, 9.17) is 5.73 Å². The number of carbonyl (C=O) groups excluding carboxylic acids is 1. The van der Waals surface area contributed by atoms with Crippen molar-refractivity contribution < 1.29 is 9.18 Å². The van der Waals surface area contributed by atoms with Crippen LogP contribution in [0.4, 0.5) is 10.1 Å². The third-order valence-electron chi connectivity index (χ3n) is 3.67. The topological polar surface area (TPSA) is 65.2 Å². The highest BCUT2D eigenvalue weighted by molar-refractivity contribution is 5.84. The molecule has 0 spiro atoms. The second kappa shape index (κ2) is 7.11. The van der Waals surface area contributed by atoms with E-state index in [0.29, 0.717) is 5.96 Å². The molecule has 1 amide bonds. The largest absolute Gasteiger partial charge is 0.370 e. The number of aliphatic imine (C=N–C) groups is 1. The van der Waals surface area contributed by atoms with Crippen LogP contribution in [-0.4, -0.2) is 68.5 Å². The molecule has 0 aromatic heterocycles.